The highest BCUT2D eigenvalue weighted by Crippen LogP contribution is 2.39. The quantitative estimate of drug-likeness (QED) is 0.0361. The van der Waals surface area contributed by atoms with Crippen LogP contribution >= 0.6 is 11.8 Å². The van der Waals surface area contributed by atoms with E-state index in [1.165, 1.54) is 18.0 Å². The zero-order valence-electron chi connectivity index (χ0n) is 26.8. The number of para-hydroxylation sites is 2. The lowest BCUT2D eigenvalue weighted by Crippen LogP contribution is -2.32. The molecule has 0 saturated carbocycles. The second-order valence-corrected chi connectivity index (χ2v) is 12.8. The zero-order chi connectivity index (χ0) is 33.7. The van der Waals surface area contributed by atoms with Gasteiger partial charge in [-0.15, -0.1) is 0 Å². The van der Waals surface area contributed by atoms with Crippen molar-refractivity contribution in [3.63, 3.8) is 0 Å². The van der Waals surface area contributed by atoms with E-state index in [0.29, 0.717) is 53.5 Å². The first-order chi connectivity index (χ1) is 23.4. The first kappa shape index (κ1) is 34.9. The Morgan fingerprint density at radius 2 is 1.58 bits per heavy atom. The van der Waals surface area contributed by atoms with Gasteiger partial charge in [0.2, 0.25) is 11.8 Å². The molecule has 3 atom stereocenters. The van der Waals surface area contributed by atoms with Crippen molar-refractivity contribution in [3.8, 4) is 0 Å². The minimum atomic E-state index is -0.686. The average molecular weight is 671 g/mol. The van der Waals surface area contributed by atoms with E-state index in [1.807, 2.05) is 66.7 Å². The summed E-state index contributed by atoms with van der Waals surface area (Å²) in [4.78, 5) is 25.0. The third kappa shape index (κ3) is 10.3. The average Bonchev–Trinajstić information content (AvgIpc) is 3.10. The topological polar surface area (TPSA) is 150 Å². The lowest BCUT2D eigenvalue weighted by Gasteiger charge is -2.36. The van der Waals surface area contributed by atoms with E-state index in [2.05, 4.69) is 10.6 Å². The first-order valence-corrected chi connectivity index (χ1v) is 17.2. The smallest absolute Gasteiger partial charge is 0.251 e. The number of aliphatic hydroxyl groups excluding tert-OH is 1. The molecule has 1 aromatic heterocycles. The Morgan fingerprint density at radius 3 is 2.31 bits per heavy atom. The van der Waals surface area contributed by atoms with Crippen LogP contribution in [0.1, 0.15) is 74.0 Å². The van der Waals surface area contributed by atoms with E-state index in [1.54, 1.807) is 24.3 Å². The summed E-state index contributed by atoms with van der Waals surface area (Å²) in [5.74, 6) is 0.402. The fourth-order valence-electron chi connectivity index (χ4n) is 5.46. The Kier molecular flexibility index (Phi) is 12.8. The molecule has 2 amide bonds. The number of rotatable bonds is 15. The molecule has 48 heavy (non-hydrogen) atoms. The SMILES string of the molecule is Nc1ccccc1NC(=O)CCCCCCC(=O)Nc1cccc([C@@H]2O[C@H](CSc3cccc[n+]3[O-])C[C@H](c3ccc(CO)cc3)O2)c1. The number of hydrogen-bond donors (Lipinski definition) is 4. The van der Waals surface area contributed by atoms with E-state index in [4.69, 9.17) is 15.2 Å². The van der Waals surface area contributed by atoms with Crippen LogP contribution < -0.4 is 21.1 Å². The van der Waals surface area contributed by atoms with Gasteiger partial charge < -0.3 is 36.2 Å². The van der Waals surface area contributed by atoms with Crippen molar-refractivity contribution in [2.24, 2.45) is 0 Å². The Morgan fingerprint density at radius 1 is 0.854 bits per heavy atom. The number of amides is 2. The number of carbonyl (C=O) groups is 2. The van der Waals surface area contributed by atoms with Crippen molar-refractivity contribution in [1.82, 2.24) is 0 Å². The molecule has 2 heterocycles. The standard InChI is InChI=1S/C37H42N4O6S/c38-31-12-5-6-13-32(31)40-35(44)15-4-2-1-3-14-34(43)39-29-11-9-10-28(22-29)37-46-30(25-48-36-16-7-8-21-41(36)45)23-33(47-37)27-19-17-26(24-42)18-20-27/h5-13,16-22,30,33,37,42H,1-4,14-15,23-25,38H2,(H,39,43)(H,40,44)/t30-,33+,37+/m0/s1. The first-order valence-electron chi connectivity index (χ1n) is 16.2. The molecule has 0 bridgehead atoms. The molecule has 10 nitrogen and oxygen atoms in total. The van der Waals surface area contributed by atoms with Crippen LogP contribution in [0.15, 0.2) is 102 Å². The predicted molar refractivity (Wildman–Crippen MR) is 187 cm³/mol. The van der Waals surface area contributed by atoms with Crippen molar-refractivity contribution in [1.29, 1.82) is 0 Å². The molecule has 11 heteroatoms. The van der Waals surface area contributed by atoms with E-state index in [-0.39, 0.29) is 30.6 Å². The Labute approximate surface area is 285 Å². The summed E-state index contributed by atoms with van der Waals surface area (Å²) in [5.41, 5.74) is 10.3. The lowest BCUT2D eigenvalue weighted by atomic mass is 10.0. The summed E-state index contributed by atoms with van der Waals surface area (Å²) in [6.45, 7) is -0.0360. The number of nitrogens with two attached hydrogens (primary N) is 1. The highest BCUT2D eigenvalue weighted by molar-refractivity contribution is 7.99. The molecule has 1 fully saturated rings. The molecule has 0 aliphatic carbocycles. The minimum Gasteiger partial charge on any atom is -0.618 e. The van der Waals surface area contributed by atoms with Gasteiger partial charge in [-0.2, -0.15) is 4.73 Å². The number of hydrogen-bond acceptors (Lipinski definition) is 8. The largest absolute Gasteiger partial charge is 0.618 e. The third-order valence-electron chi connectivity index (χ3n) is 8.06. The van der Waals surface area contributed by atoms with Crippen molar-refractivity contribution >= 4 is 40.6 Å². The molecule has 4 aromatic rings. The van der Waals surface area contributed by atoms with Crippen LogP contribution in [0.3, 0.4) is 0 Å². The molecule has 0 radical (unpaired) electrons. The van der Waals surface area contributed by atoms with Gasteiger partial charge in [-0.05, 0) is 54.3 Å². The van der Waals surface area contributed by atoms with Crippen molar-refractivity contribution < 1.29 is 28.9 Å². The Hall–Kier alpha value is -4.42. The van der Waals surface area contributed by atoms with Crippen LogP contribution in [-0.4, -0.2) is 28.8 Å². The van der Waals surface area contributed by atoms with Gasteiger partial charge in [-0.3, -0.25) is 9.59 Å². The van der Waals surface area contributed by atoms with E-state index >= 15 is 0 Å². The molecule has 0 unspecified atom stereocenters. The van der Waals surface area contributed by atoms with Gasteiger partial charge >= 0.3 is 0 Å². The van der Waals surface area contributed by atoms with E-state index in [9.17, 15) is 19.9 Å². The van der Waals surface area contributed by atoms with Gasteiger partial charge in [0.05, 0.1) is 30.2 Å². The number of carbonyl (C=O) groups excluding carboxylic acids is 2. The van der Waals surface area contributed by atoms with E-state index < -0.39 is 6.29 Å². The van der Waals surface area contributed by atoms with Crippen LogP contribution in [-0.2, 0) is 25.7 Å². The summed E-state index contributed by atoms with van der Waals surface area (Å²) < 4.78 is 13.7. The maximum absolute atomic E-state index is 12.8. The van der Waals surface area contributed by atoms with Crippen LogP contribution in [0.4, 0.5) is 17.1 Å². The Bertz CT molecular complexity index is 1650. The minimum absolute atomic E-state index is 0.0360. The van der Waals surface area contributed by atoms with Crippen LogP contribution in [0.5, 0.6) is 0 Å². The highest BCUT2D eigenvalue weighted by Gasteiger charge is 2.33. The number of nitrogen functional groups attached to an aromatic ring is 1. The molecule has 5 N–H and O–H groups in total. The number of anilines is 3. The third-order valence-corrected chi connectivity index (χ3v) is 9.21. The van der Waals surface area contributed by atoms with Crippen molar-refractivity contribution in [2.45, 2.75) is 75.1 Å². The summed E-state index contributed by atoms with van der Waals surface area (Å²) in [5, 5.41) is 28.1. The monoisotopic (exact) mass is 670 g/mol. The number of nitrogens with one attached hydrogen (secondary N) is 2. The second-order valence-electron chi connectivity index (χ2n) is 11.7. The van der Waals surface area contributed by atoms with Crippen molar-refractivity contribution in [3.05, 3.63) is 119 Å². The lowest BCUT2D eigenvalue weighted by molar-refractivity contribution is -0.645. The van der Waals surface area contributed by atoms with Gasteiger partial charge in [0, 0.05) is 48.4 Å². The number of benzene rings is 3. The molecule has 1 saturated heterocycles. The second kappa shape index (κ2) is 17.7. The molecular formula is C37H42N4O6S. The predicted octanol–water partition coefficient (Wildman–Crippen LogP) is 6.65. The van der Waals surface area contributed by atoms with Gasteiger partial charge in [0.15, 0.2) is 12.5 Å². The van der Waals surface area contributed by atoms with Crippen molar-refractivity contribution in [2.75, 3.05) is 22.1 Å². The maximum atomic E-state index is 12.8. The fraction of sp³-hybridized carbons (Fsp3) is 0.324. The molecule has 3 aromatic carbocycles. The number of aromatic nitrogens is 1. The maximum Gasteiger partial charge on any atom is 0.251 e. The Balaban J connectivity index is 1.12. The normalized spacial score (nSPS) is 17.5. The molecule has 5 rings (SSSR count). The van der Waals surface area contributed by atoms with Crippen LogP contribution in [0.2, 0.25) is 0 Å². The zero-order valence-corrected chi connectivity index (χ0v) is 27.6. The van der Waals surface area contributed by atoms with Gasteiger partial charge in [-0.1, -0.05) is 73.1 Å². The number of ether oxygens (including phenoxy) is 2. The molecule has 1 aliphatic rings. The van der Waals surface area contributed by atoms with Gasteiger partial charge in [0.1, 0.15) is 0 Å². The number of aliphatic hydroxyl groups is 1. The molecular weight excluding hydrogens is 628 g/mol. The molecule has 0 spiro atoms. The van der Waals surface area contributed by atoms with Crippen LogP contribution in [0, 0.1) is 5.21 Å². The number of nitrogens with zero attached hydrogens (tertiary/aromatic N) is 1. The summed E-state index contributed by atoms with van der Waals surface area (Å²) >= 11 is 1.44. The fourth-order valence-corrected chi connectivity index (χ4v) is 6.39. The van der Waals surface area contributed by atoms with Gasteiger partial charge in [-0.25, -0.2) is 0 Å². The summed E-state index contributed by atoms with van der Waals surface area (Å²) in [6.07, 6.45) is 4.82. The number of thioether (sulfide) groups is 1. The summed E-state index contributed by atoms with van der Waals surface area (Å²) in [6, 6.07) is 27.6. The van der Waals surface area contributed by atoms with E-state index in [0.717, 1.165) is 40.7 Å². The molecule has 252 valence electrons. The molecule has 1 aliphatic heterocycles. The van der Waals surface area contributed by atoms with Gasteiger partial charge in [0.25, 0.3) is 5.03 Å². The highest BCUT2D eigenvalue weighted by atomic mass is 32.2. The number of unbranched alkanes of at least 4 members (excludes halogenated alkanes) is 3. The summed E-state index contributed by atoms with van der Waals surface area (Å²) in [7, 11) is 0. The van der Waals surface area contributed by atoms with Crippen LogP contribution in [0.25, 0.3) is 0 Å². The number of pyridine rings is 1.